The van der Waals surface area contributed by atoms with Gasteiger partial charge in [-0.15, -0.1) is 0 Å². The Kier molecular flexibility index (Phi) is 2.48. The van der Waals surface area contributed by atoms with Crippen molar-refractivity contribution in [1.82, 2.24) is 9.97 Å². The fourth-order valence-electron chi connectivity index (χ4n) is 2.07. The van der Waals surface area contributed by atoms with Crippen molar-refractivity contribution in [2.24, 2.45) is 5.73 Å². The van der Waals surface area contributed by atoms with E-state index in [0.717, 1.165) is 19.3 Å². The van der Waals surface area contributed by atoms with Crippen molar-refractivity contribution in [2.75, 3.05) is 0 Å². The number of hydrogen-bond donors (Lipinski definition) is 2. The van der Waals surface area contributed by atoms with Crippen molar-refractivity contribution >= 4 is 0 Å². The molecule has 76 valence electrons. The summed E-state index contributed by atoms with van der Waals surface area (Å²) >= 11 is 0. The van der Waals surface area contributed by atoms with Crippen LogP contribution in [0, 0.1) is 0 Å². The van der Waals surface area contributed by atoms with Crippen LogP contribution in [-0.4, -0.2) is 21.1 Å². The SMILES string of the molecule is NC1CCCC(O)(c2cnccn2)C1. The lowest BCUT2D eigenvalue weighted by molar-refractivity contribution is -0.0114. The summed E-state index contributed by atoms with van der Waals surface area (Å²) in [5, 5.41) is 10.3. The van der Waals surface area contributed by atoms with Crippen LogP contribution in [0.15, 0.2) is 18.6 Å². The van der Waals surface area contributed by atoms with Crippen LogP contribution in [0.4, 0.5) is 0 Å². The Morgan fingerprint density at radius 1 is 1.50 bits per heavy atom. The number of aliphatic hydroxyl groups is 1. The molecule has 4 heteroatoms. The van der Waals surface area contributed by atoms with Crippen LogP contribution in [0.5, 0.6) is 0 Å². The summed E-state index contributed by atoms with van der Waals surface area (Å²) in [6, 6.07) is 0.0794. The fourth-order valence-corrected chi connectivity index (χ4v) is 2.07. The van der Waals surface area contributed by atoms with Crippen LogP contribution in [-0.2, 0) is 5.60 Å². The third-order valence-corrected chi connectivity index (χ3v) is 2.81. The highest BCUT2D eigenvalue weighted by molar-refractivity contribution is 5.10. The number of aromatic nitrogens is 2. The zero-order valence-electron chi connectivity index (χ0n) is 8.06. The van der Waals surface area contributed by atoms with E-state index in [1.165, 1.54) is 0 Å². The summed E-state index contributed by atoms with van der Waals surface area (Å²) < 4.78 is 0. The Hall–Kier alpha value is -1.00. The van der Waals surface area contributed by atoms with Gasteiger partial charge in [-0.2, -0.15) is 0 Å². The van der Waals surface area contributed by atoms with Crippen LogP contribution in [0.25, 0.3) is 0 Å². The molecule has 2 rings (SSSR count). The topological polar surface area (TPSA) is 72.0 Å². The summed E-state index contributed by atoms with van der Waals surface area (Å²) in [7, 11) is 0. The maximum Gasteiger partial charge on any atom is 0.110 e. The molecule has 0 radical (unpaired) electrons. The largest absolute Gasteiger partial charge is 0.383 e. The summed E-state index contributed by atoms with van der Waals surface area (Å²) in [5.74, 6) is 0. The lowest BCUT2D eigenvalue weighted by Crippen LogP contribution is -2.39. The van der Waals surface area contributed by atoms with E-state index in [1.807, 2.05) is 0 Å². The van der Waals surface area contributed by atoms with E-state index in [1.54, 1.807) is 18.6 Å². The Labute approximate surface area is 83.2 Å². The monoisotopic (exact) mass is 193 g/mol. The van der Waals surface area contributed by atoms with Crippen LogP contribution < -0.4 is 5.73 Å². The molecule has 0 bridgehead atoms. The molecule has 0 amide bonds. The molecule has 0 spiro atoms. The Morgan fingerprint density at radius 2 is 2.36 bits per heavy atom. The minimum absolute atomic E-state index is 0.0794. The molecule has 3 N–H and O–H groups in total. The number of rotatable bonds is 1. The number of nitrogens with zero attached hydrogens (tertiary/aromatic N) is 2. The average Bonchev–Trinajstić information content (AvgIpc) is 2.19. The van der Waals surface area contributed by atoms with Crippen LogP contribution in [0.1, 0.15) is 31.4 Å². The van der Waals surface area contributed by atoms with E-state index in [0.29, 0.717) is 12.1 Å². The molecule has 0 aromatic carbocycles. The van der Waals surface area contributed by atoms with E-state index in [-0.39, 0.29) is 6.04 Å². The highest BCUT2D eigenvalue weighted by Crippen LogP contribution is 2.34. The molecular weight excluding hydrogens is 178 g/mol. The van der Waals surface area contributed by atoms with Gasteiger partial charge in [0, 0.05) is 18.4 Å². The molecule has 14 heavy (non-hydrogen) atoms. The summed E-state index contributed by atoms with van der Waals surface area (Å²) in [5.41, 5.74) is 5.63. The first-order valence-corrected chi connectivity index (χ1v) is 4.95. The summed E-state index contributed by atoms with van der Waals surface area (Å²) in [6.45, 7) is 0. The molecule has 0 saturated heterocycles. The van der Waals surface area contributed by atoms with Gasteiger partial charge in [0.25, 0.3) is 0 Å². The van der Waals surface area contributed by atoms with Gasteiger partial charge in [0.05, 0.1) is 11.9 Å². The van der Waals surface area contributed by atoms with Crippen LogP contribution in [0.3, 0.4) is 0 Å². The van der Waals surface area contributed by atoms with E-state index < -0.39 is 5.60 Å². The van der Waals surface area contributed by atoms with Crippen LogP contribution in [0.2, 0.25) is 0 Å². The van der Waals surface area contributed by atoms with Gasteiger partial charge in [0.15, 0.2) is 0 Å². The minimum Gasteiger partial charge on any atom is -0.383 e. The first-order chi connectivity index (χ1) is 6.71. The van der Waals surface area contributed by atoms with Gasteiger partial charge in [-0.3, -0.25) is 9.97 Å². The molecule has 4 nitrogen and oxygen atoms in total. The minimum atomic E-state index is -0.855. The molecular formula is C10H15N3O. The molecule has 2 atom stereocenters. The van der Waals surface area contributed by atoms with Gasteiger partial charge in [-0.25, -0.2) is 0 Å². The highest BCUT2D eigenvalue weighted by Gasteiger charge is 2.35. The normalized spacial score (nSPS) is 32.9. The molecule has 1 fully saturated rings. The lowest BCUT2D eigenvalue weighted by atomic mass is 9.80. The van der Waals surface area contributed by atoms with E-state index >= 15 is 0 Å². The summed E-state index contributed by atoms with van der Waals surface area (Å²) in [4.78, 5) is 8.11. The first-order valence-electron chi connectivity index (χ1n) is 4.95. The predicted molar refractivity (Wildman–Crippen MR) is 52.4 cm³/mol. The lowest BCUT2D eigenvalue weighted by Gasteiger charge is -2.34. The molecule has 1 aromatic rings. The maximum absolute atomic E-state index is 10.3. The van der Waals surface area contributed by atoms with Gasteiger partial charge in [-0.05, 0) is 25.7 Å². The van der Waals surface area contributed by atoms with Gasteiger partial charge < -0.3 is 10.8 Å². The van der Waals surface area contributed by atoms with E-state index in [9.17, 15) is 5.11 Å². The zero-order chi connectivity index (χ0) is 10.0. The zero-order valence-corrected chi connectivity index (χ0v) is 8.06. The van der Waals surface area contributed by atoms with Crippen molar-refractivity contribution in [3.63, 3.8) is 0 Å². The second kappa shape index (κ2) is 3.63. The van der Waals surface area contributed by atoms with Crippen molar-refractivity contribution < 1.29 is 5.11 Å². The Balaban J connectivity index is 2.23. The van der Waals surface area contributed by atoms with Crippen molar-refractivity contribution in [2.45, 2.75) is 37.3 Å². The smallest absolute Gasteiger partial charge is 0.110 e. The molecule has 2 unspecified atom stereocenters. The molecule has 1 aromatic heterocycles. The van der Waals surface area contributed by atoms with Crippen molar-refractivity contribution in [3.8, 4) is 0 Å². The van der Waals surface area contributed by atoms with E-state index in [2.05, 4.69) is 9.97 Å². The number of nitrogens with two attached hydrogens (primary N) is 1. The van der Waals surface area contributed by atoms with Gasteiger partial charge in [0.1, 0.15) is 5.60 Å². The van der Waals surface area contributed by atoms with Crippen LogP contribution >= 0.6 is 0 Å². The summed E-state index contributed by atoms with van der Waals surface area (Å²) in [6.07, 6.45) is 8.10. The third kappa shape index (κ3) is 1.76. The third-order valence-electron chi connectivity index (χ3n) is 2.81. The highest BCUT2D eigenvalue weighted by atomic mass is 16.3. The number of hydrogen-bond acceptors (Lipinski definition) is 4. The van der Waals surface area contributed by atoms with E-state index in [4.69, 9.17) is 5.73 Å². The van der Waals surface area contributed by atoms with Gasteiger partial charge >= 0.3 is 0 Å². The predicted octanol–water partition coefficient (Wildman–Crippen LogP) is 0.566. The van der Waals surface area contributed by atoms with Gasteiger partial charge in [0.2, 0.25) is 0 Å². The quantitative estimate of drug-likeness (QED) is 0.683. The Morgan fingerprint density at radius 3 is 3.00 bits per heavy atom. The average molecular weight is 193 g/mol. The second-order valence-corrected chi connectivity index (χ2v) is 3.98. The Bertz CT molecular complexity index is 303. The molecule has 1 aliphatic carbocycles. The van der Waals surface area contributed by atoms with Crippen molar-refractivity contribution in [1.29, 1.82) is 0 Å². The molecule has 1 heterocycles. The second-order valence-electron chi connectivity index (χ2n) is 3.98. The molecule has 0 aliphatic heterocycles. The first kappa shape index (κ1) is 9.55. The standard InChI is InChI=1S/C10H15N3O/c11-8-2-1-3-10(14,6-8)9-7-12-4-5-13-9/h4-5,7-8,14H,1-3,6,11H2. The molecule has 1 aliphatic rings. The fraction of sp³-hybridized carbons (Fsp3) is 0.600. The van der Waals surface area contributed by atoms with Crippen molar-refractivity contribution in [3.05, 3.63) is 24.3 Å². The molecule has 1 saturated carbocycles. The maximum atomic E-state index is 10.3. The van der Waals surface area contributed by atoms with Gasteiger partial charge in [-0.1, -0.05) is 0 Å².